The van der Waals surface area contributed by atoms with Gasteiger partial charge >= 0.3 is 0 Å². The van der Waals surface area contributed by atoms with Gasteiger partial charge in [-0.2, -0.15) is 0 Å². The maximum atomic E-state index is 12.7. The molecule has 1 saturated heterocycles. The van der Waals surface area contributed by atoms with Crippen LogP contribution in [0.15, 0.2) is 42.5 Å². The molecule has 1 aromatic heterocycles. The lowest BCUT2D eigenvalue weighted by Gasteiger charge is -2.31. The fourth-order valence-electron chi connectivity index (χ4n) is 3.39. The Labute approximate surface area is 150 Å². The Bertz CT molecular complexity index is 893. The van der Waals surface area contributed by atoms with E-state index in [9.17, 15) is 9.90 Å². The molecule has 1 N–H and O–H groups in total. The smallest absolute Gasteiger partial charge is 0.257 e. The molecule has 1 aliphatic rings. The third-order valence-corrected chi connectivity index (χ3v) is 6.02. The number of likely N-dealkylation sites (tertiary alicyclic amines) is 1. The molecule has 3 aromatic rings. The summed E-state index contributed by atoms with van der Waals surface area (Å²) in [6.07, 6.45) is 1.83. The number of benzene rings is 2. The van der Waals surface area contributed by atoms with E-state index in [0.29, 0.717) is 24.6 Å². The lowest BCUT2D eigenvalue weighted by atomic mass is 9.96. The molecule has 0 spiro atoms. The second-order valence-corrected chi connectivity index (χ2v) is 7.67. The molecule has 1 fully saturated rings. The number of aromatic hydroxyl groups is 1. The van der Waals surface area contributed by atoms with E-state index in [-0.39, 0.29) is 11.7 Å². The molecule has 0 bridgehead atoms. The fraction of sp³-hybridized carbons (Fsp3) is 0.300. The summed E-state index contributed by atoms with van der Waals surface area (Å²) in [4.78, 5) is 19.3. The van der Waals surface area contributed by atoms with E-state index in [2.05, 4.69) is 12.1 Å². The van der Waals surface area contributed by atoms with Crippen LogP contribution in [0.3, 0.4) is 0 Å². The van der Waals surface area contributed by atoms with Gasteiger partial charge in [0.2, 0.25) is 0 Å². The number of piperidine rings is 1. The lowest BCUT2D eigenvalue weighted by Crippen LogP contribution is -2.38. The van der Waals surface area contributed by atoms with Crippen molar-refractivity contribution in [2.75, 3.05) is 13.1 Å². The number of nitrogens with zero attached hydrogens (tertiary/aromatic N) is 2. The number of aromatic nitrogens is 1. The first-order valence-electron chi connectivity index (χ1n) is 8.56. The van der Waals surface area contributed by atoms with Gasteiger partial charge in [-0.15, -0.1) is 11.3 Å². The van der Waals surface area contributed by atoms with Crippen molar-refractivity contribution in [2.45, 2.75) is 25.7 Å². The number of phenols is 1. The molecule has 0 aliphatic carbocycles. The molecule has 0 atom stereocenters. The number of carbonyl (C=O) groups is 1. The number of aryl methyl sites for hydroxylation is 1. The Morgan fingerprint density at radius 2 is 1.96 bits per heavy atom. The van der Waals surface area contributed by atoms with Gasteiger partial charge in [-0.3, -0.25) is 4.79 Å². The maximum absolute atomic E-state index is 12.7. The van der Waals surface area contributed by atoms with Crippen molar-refractivity contribution < 1.29 is 9.90 Å². The van der Waals surface area contributed by atoms with Gasteiger partial charge in [0.1, 0.15) is 5.75 Å². The quantitative estimate of drug-likeness (QED) is 0.747. The van der Waals surface area contributed by atoms with Crippen LogP contribution in [-0.4, -0.2) is 34.0 Å². The Kier molecular flexibility index (Phi) is 4.17. The molecule has 4 nitrogen and oxygen atoms in total. The van der Waals surface area contributed by atoms with E-state index in [4.69, 9.17) is 4.98 Å². The highest BCUT2D eigenvalue weighted by atomic mass is 32.1. The van der Waals surface area contributed by atoms with Gasteiger partial charge in [-0.05, 0) is 44.0 Å². The van der Waals surface area contributed by atoms with Gasteiger partial charge in [-0.25, -0.2) is 4.98 Å². The van der Waals surface area contributed by atoms with E-state index in [1.807, 2.05) is 30.0 Å². The Hall–Kier alpha value is -2.40. The zero-order chi connectivity index (χ0) is 17.4. The Morgan fingerprint density at radius 1 is 1.20 bits per heavy atom. The average molecular weight is 352 g/mol. The second kappa shape index (κ2) is 6.48. The average Bonchev–Trinajstić information content (AvgIpc) is 3.07. The summed E-state index contributed by atoms with van der Waals surface area (Å²) in [6, 6.07) is 13.4. The van der Waals surface area contributed by atoms with Gasteiger partial charge in [0.15, 0.2) is 0 Å². The Balaban J connectivity index is 1.47. The monoisotopic (exact) mass is 352 g/mol. The number of thiazole rings is 1. The lowest BCUT2D eigenvalue weighted by molar-refractivity contribution is 0.0710. The molecule has 0 saturated carbocycles. The summed E-state index contributed by atoms with van der Waals surface area (Å²) in [6.45, 7) is 3.33. The summed E-state index contributed by atoms with van der Waals surface area (Å²) in [5, 5.41) is 11.2. The molecule has 0 unspecified atom stereocenters. The molecule has 4 rings (SSSR count). The Morgan fingerprint density at radius 3 is 2.72 bits per heavy atom. The summed E-state index contributed by atoms with van der Waals surface area (Å²) in [7, 11) is 0. The number of amides is 1. The van der Waals surface area contributed by atoms with Crippen molar-refractivity contribution in [1.82, 2.24) is 9.88 Å². The van der Waals surface area contributed by atoms with Gasteiger partial charge in [-0.1, -0.05) is 23.8 Å². The topological polar surface area (TPSA) is 53.4 Å². The summed E-state index contributed by atoms with van der Waals surface area (Å²) in [5.41, 5.74) is 2.44. The first kappa shape index (κ1) is 16.1. The van der Waals surface area contributed by atoms with Crippen molar-refractivity contribution in [2.24, 2.45) is 0 Å². The van der Waals surface area contributed by atoms with Crippen LogP contribution in [0.1, 0.15) is 39.7 Å². The number of rotatable bonds is 2. The van der Waals surface area contributed by atoms with E-state index >= 15 is 0 Å². The number of para-hydroxylation sites is 1. The number of phenolic OH excluding ortho intramolecular Hbond substituents is 1. The van der Waals surface area contributed by atoms with Crippen LogP contribution in [0, 0.1) is 6.92 Å². The van der Waals surface area contributed by atoms with E-state index in [0.717, 1.165) is 23.9 Å². The van der Waals surface area contributed by atoms with Crippen LogP contribution in [0.5, 0.6) is 5.75 Å². The number of hydrogen-bond acceptors (Lipinski definition) is 4. The highest BCUT2D eigenvalue weighted by Gasteiger charge is 2.27. The molecular weight excluding hydrogens is 332 g/mol. The maximum Gasteiger partial charge on any atom is 0.257 e. The second-order valence-electron chi connectivity index (χ2n) is 6.61. The minimum Gasteiger partial charge on any atom is -0.507 e. The molecule has 5 heteroatoms. The van der Waals surface area contributed by atoms with Gasteiger partial charge in [0.05, 0.1) is 20.8 Å². The summed E-state index contributed by atoms with van der Waals surface area (Å²) < 4.78 is 1.22. The van der Waals surface area contributed by atoms with Gasteiger partial charge in [0, 0.05) is 19.0 Å². The van der Waals surface area contributed by atoms with Crippen LogP contribution in [0.2, 0.25) is 0 Å². The van der Waals surface area contributed by atoms with E-state index < -0.39 is 0 Å². The van der Waals surface area contributed by atoms with Crippen LogP contribution in [0.4, 0.5) is 0 Å². The third-order valence-electron chi connectivity index (χ3n) is 4.82. The van der Waals surface area contributed by atoms with Crippen LogP contribution in [0.25, 0.3) is 10.2 Å². The minimum atomic E-state index is -0.0797. The zero-order valence-corrected chi connectivity index (χ0v) is 14.9. The summed E-state index contributed by atoms with van der Waals surface area (Å²) >= 11 is 1.76. The van der Waals surface area contributed by atoms with Gasteiger partial charge in [0.25, 0.3) is 5.91 Å². The standard InChI is InChI=1S/C20H20N2O2S/c1-13-6-7-17(23)15(12-13)20(24)22-10-8-14(9-11-22)19-21-16-4-2-3-5-18(16)25-19/h2-7,12,14,23H,8-11H2,1H3. The number of hydrogen-bond donors (Lipinski definition) is 1. The van der Waals surface area contributed by atoms with Crippen LogP contribution >= 0.6 is 11.3 Å². The van der Waals surface area contributed by atoms with Crippen molar-refractivity contribution in [3.63, 3.8) is 0 Å². The fourth-order valence-corrected chi connectivity index (χ4v) is 4.52. The molecule has 1 amide bonds. The first-order valence-corrected chi connectivity index (χ1v) is 9.38. The van der Waals surface area contributed by atoms with Crippen molar-refractivity contribution >= 4 is 27.5 Å². The number of fused-ring (bicyclic) bond motifs is 1. The number of carbonyl (C=O) groups excluding carboxylic acids is 1. The molecule has 2 heterocycles. The molecular formula is C20H20N2O2S. The summed E-state index contributed by atoms with van der Waals surface area (Å²) in [5.74, 6) is 0.389. The normalized spacial score (nSPS) is 15.6. The molecule has 1 aliphatic heterocycles. The predicted molar refractivity (Wildman–Crippen MR) is 100 cm³/mol. The van der Waals surface area contributed by atoms with Crippen LogP contribution < -0.4 is 0 Å². The van der Waals surface area contributed by atoms with Crippen molar-refractivity contribution in [1.29, 1.82) is 0 Å². The first-order chi connectivity index (χ1) is 12.1. The van der Waals surface area contributed by atoms with Crippen molar-refractivity contribution in [3.05, 3.63) is 58.6 Å². The van der Waals surface area contributed by atoms with E-state index in [1.165, 1.54) is 9.71 Å². The predicted octanol–water partition coefficient (Wildman–Crippen LogP) is 4.33. The molecule has 2 aromatic carbocycles. The van der Waals surface area contributed by atoms with Crippen LogP contribution in [-0.2, 0) is 0 Å². The molecule has 128 valence electrons. The van der Waals surface area contributed by atoms with Gasteiger partial charge < -0.3 is 10.0 Å². The highest BCUT2D eigenvalue weighted by Crippen LogP contribution is 2.34. The highest BCUT2D eigenvalue weighted by molar-refractivity contribution is 7.18. The largest absolute Gasteiger partial charge is 0.507 e. The molecule has 25 heavy (non-hydrogen) atoms. The van der Waals surface area contributed by atoms with Crippen molar-refractivity contribution in [3.8, 4) is 5.75 Å². The molecule has 0 radical (unpaired) electrons. The zero-order valence-electron chi connectivity index (χ0n) is 14.1. The SMILES string of the molecule is Cc1ccc(O)c(C(=O)N2CCC(c3nc4ccccc4s3)CC2)c1. The minimum absolute atomic E-state index is 0.0592. The van der Waals surface area contributed by atoms with E-state index in [1.54, 1.807) is 23.5 Å². The third kappa shape index (κ3) is 3.12.